The maximum atomic E-state index is 14.1. The van der Waals surface area contributed by atoms with Crippen molar-refractivity contribution >= 4 is 34.5 Å². The van der Waals surface area contributed by atoms with Crippen LogP contribution in [0.2, 0.25) is 0 Å². The zero-order valence-electron chi connectivity index (χ0n) is 21.6. The number of nitrogens with zero attached hydrogens (tertiary/aromatic N) is 2. The number of allylic oxidation sites excluding steroid dienone is 1. The fourth-order valence-electron chi connectivity index (χ4n) is 4.71. The number of rotatable bonds is 4. The van der Waals surface area contributed by atoms with Crippen LogP contribution >= 0.6 is 0 Å². The molecule has 3 heterocycles. The number of hydrogen-bond acceptors (Lipinski definition) is 5. The fourth-order valence-corrected chi connectivity index (χ4v) is 4.71. The van der Waals surface area contributed by atoms with E-state index in [9.17, 15) is 22.8 Å². The van der Waals surface area contributed by atoms with Crippen LogP contribution in [0, 0.1) is 13.8 Å². The molecule has 1 aliphatic rings. The van der Waals surface area contributed by atoms with Gasteiger partial charge in [-0.05, 0) is 50.3 Å². The third-order valence-electron chi connectivity index (χ3n) is 6.65. The van der Waals surface area contributed by atoms with Crippen LogP contribution in [0.4, 0.5) is 23.7 Å². The van der Waals surface area contributed by atoms with Crippen LogP contribution < -0.4 is 20.1 Å². The minimum atomic E-state index is -4.68. The Morgan fingerprint density at radius 2 is 1.95 bits per heavy atom. The number of ether oxygens (including phenoxy) is 2. The van der Waals surface area contributed by atoms with E-state index in [-0.39, 0.29) is 33.7 Å². The number of benzene rings is 2. The Bertz CT molecular complexity index is 1700. The largest absolute Gasteiger partial charge is 0.497 e. The molecular weight excluding hydrogens is 515 g/mol. The van der Waals surface area contributed by atoms with Gasteiger partial charge >= 0.3 is 12.2 Å². The lowest BCUT2D eigenvalue weighted by molar-refractivity contribution is -0.136. The van der Waals surface area contributed by atoms with Crippen molar-refractivity contribution in [2.24, 2.45) is 7.05 Å². The zero-order valence-corrected chi connectivity index (χ0v) is 21.6. The first-order valence-corrected chi connectivity index (χ1v) is 11.8. The van der Waals surface area contributed by atoms with Crippen LogP contribution in [-0.4, -0.2) is 40.7 Å². The number of ketones is 1. The average molecular weight is 540 g/mol. The summed E-state index contributed by atoms with van der Waals surface area (Å²) >= 11 is 0. The quantitative estimate of drug-likeness (QED) is 0.293. The Morgan fingerprint density at radius 3 is 2.56 bits per heavy atom. The van der Waals surface area contributed by atoms with Crippen LogP contribution in [-0.2, 0) is 13.2 Å². The Kier molecular flexibility index (Phi) is 6.12. The molecule has 0 atom stereocenters. The van der Waals surface area contributed by atoms with Gasteiger partial charge in [0.2, 0.25) is 5.78 Å². The number of hydrogen-bond donors (Lipinski definition) is 3. The smallest absolute Gasteiger partial charge is 0.418 e. The number of H-pyrrole nitrogens is 1. The molecule has 0 bridgehead atoms. The van der Waals surface area contributed by atoms with Crippen LogP contribution in [0.5, 0.6) is 11.5 Å². The van der Waals surface area contributed by atoms with E-state index in [0.717, 1.165) is 6.07 Å². The van der Waals surface area contributed by atoms with E-state index in [0.29, 0.717) is 33.9 Å². The lowest BCUT2D eigenvalue weighted by Crippen LogP contribution is -2.24. The lowest BCUT2D eigenvalue weighted by atomic mass is 10.0. The first kappa shape index (κ1) is 25.9. The normalized spacial score (nSPS) is 14.1. The Hall–Kier alpha value is -4.74. The highest BCUT2D eigenvalue weighted by Gasteiger charge is 2.36. The van der Waals surface area contributed by atoms with E-state index in [1.54, 1.807) is 31.6 Å². The molecule has 2 amide bonds. The highest BCUT2D eigenvalue weighted by atomic mass is 19.4. The molecule has 3 N–H and O–H groups in total. The van der Waals surface area contributed by atoms with Gasteiger partial charge in [-0.2, -0.15) is 18.3 Å². The third-order valence-corrected chi connectivity index (χ3v) is 6.65. The van der Waals surface area contributed by atoms with Crippen molar-refractivity contribution in [2.45, 2.75) is 20.0 Å². The predicted octanol–water partition coefficient (Wildman–Crippen LogP) is 5.58. The number of carbonyl (C=O) groups excluding carboxylic acids is 2. The molecule has 0 saturated carbocycles. The molecule has 0 radical (unpaired) electrons. The van der Waals surface area contributed by atoms with E-state index in [2.05, 4.69) is 20.7 Å². The Morgan fingerprint density at radius 1 is 1.21 bits per heavy atom. The second-order valence-electron chi connectivity index (χ2n) is 9.03. The van der Waals surface area contributed by atoms with Gasteiger partial charge in [0.25, 0.3) is 0 Å². The topological polar surface area (TPSA) is 110 Å². The average Bonchev–Trinajstić information content (AvgIpc) is 3.48. The lowest BCUT2D eigenvalue weighted by Gasteiger charge is -2.10. The van der Waals surface area contributed by atoms with E-state index in [4.69, 9.17) is 9.47 Å². The number of methoxy groups -OCH3 is 1. The second kappa shape index (κ2) is 9.22. The van der Waals surface area contributed by atoms with E-state index < -0.39 is 23.6 Å². The summed E-state index contributed by atoms with van der Waals surface area (Å²) in [5.41, 5.74) is 2.09. The van der Waals surface area contributed by atoms with Crippen LogP contribution in [0.25, 0.3) is 28.2 Å². The van der Waals surface area contributed by atoms with Crippen LogP contribution in [0.1, 0.15) is 32.9 Å². The van der Waals surface area contributed by atoms with Crippen molar-refractivity contribution < 1.29 is 32.2 Å². The predicted molar refractivity (Wildman–Crippen MR) is 139 cm³/mol. The summed E-state index contributed by atoms with van der Waals surface area (Å²) in [6, 6.07) is 6.54. The molecule has 0 fully saturated rings. The summed E-state index contributed by atoms with van der Waals surface area (Å²) in [6.45, 7) is 3.56. The molecule has 12 heteroatoms. The molecule has 0 spiro atoms. The summed E-state index contributed by atoms with van der Waals surface area (Å²) in [4.78, 5) is 28.0. The molecule has 0 aliphatic carbocycles. The van der Waals surface area contributed by atoms with Gasteiger partial charge in [0.15, 0.2) is 5.76 Å². The number of anilines is 1. The number of nitrogens with one attached hydrogen (secondary N) is 3. The van der Waals surface area contributed by atoms with Crippen molar-refractivity contribution in [2.75, 3.05) is 19.5 Å². The van der Waals surface area contributed by atoms with Crippen molar-refractivity contribution in [1.82, 2.24) is 20.1 Å². The van der Waals surface area contributed by atoms with Gasteiger partial charge in [0.1, 0.15) is 11.5 Å². The maximum absolute atomic E-state index is 14.1. The number of amides is 2. The van der Waals surface area contributed by atoms with E-state index in [1.165, 1.54) is 38.4 Å². The molecule has 2 aromatic carbocycles. The number of aryl methyl sites for hydroxylation is 2. The molecule has 0 saturated heterocycles. The highest BCUT2D eigenvalue weighted by molar-refractivity contribution is 6.16. The number of Topliss-reactive ketones (excluding diaryl/α,β-unsaturated/α-hetero) is 1. The first-order chi connectivity index (χ1) is 18.4. The van der Waals surface area contributed by atoms with Gasteiger partial charge in [-0.3, -0.25) is 9.48 Å². The molecule has 0 unspecified atom stereocenters. The number of halogens is 3. The molecular formula is C27H24F3N5O4. The zero-order chi connectivity index (χ0) is 28.2. The summed E-state index contributed by atoms with van der Waals surface area (Å²) < 4.78 is 55.0. The van der Waals surface area contributed by atoms with Crippen molar-refractivity contribution in [3.63, 3.8) is 0 Å². The minimum absolute atomic E-state index is 0.00604. The molecule has 9 nitrogen and oxygen atoms in total. The van der Waals surface area contributed by atoms with Gasteiger partial charge in [-0.25, -0.2) is 4.79 Å². The number of aromatic nitrogens is 3. The molecule has 5 rings (SSSR count). The number of carbonyl (C=O) groups is 2. The first-order valence-electron chi connectivity index (χ1n) is 11.8. The molecule has 39 heavy (non-hydrogen) atoms. The maximum Gasteiger partial charge on any atom is 0.418 e. The summed E-state index contributed by atoms with van der Waals surface area (Å²) in [6.07, 6.45) is -3.25. The van der Waals surface area contributed by atoms with Gasteiger partial charge in [0, 0.05) is 42.0 Å². The molecule has 4 aromatic rings. The van der Waals surface area contributed by atoms with Gasteiger partial charge in [0.05, 0.1) is 35.1 Å². The van der Waals surface area contributed by atoms with Crippen molar-refractivity contribution in [3.05, 3.63) is 64.2 Å². The number of fused-ring (bicyclic) bond motifs is 2. The van der Waals surface area contributed by atoms with E-state index >= 15 is 0 Å². The van der Waals surface area contributed by atoms with Crippen molar-refractivity contribution in [3.8, 4) is 22.8 Å². The Balaban J connectivity index is 1.74. The minimum Gasteiger partial charge on any atom is -0.497 e. The second-order valence-corrected chi connectivity index (χ2v) is 9.03. The molecule has 202 valence electrons. The number of urea groups is 1. The number of alkyl halides is 3. The standard InChI is InChI=1S/C27H24F3N5O4/c1-12-22(13(2)35(4)34-12)24-17(16-9-15(38-5)10-19(23(16)33-24)27(28,29)30)11-21-25(36)18-8-14(32-26(37)31-3)6-7-20(18)39-21/h6-11,33H,1-5H3,(H2,31,32,37). The number of aromatic amines is 1. The van der Waals surface area contributed by atoms with Gasteiger partial charge < -0.3 is 25.1 Å². The Labute approximate surface area is 220 Å². The third kappa shape index (κ3) is 4.37. The molecule has 2 aromatic heterocycles. The SMILES string of the molecule is CNC(=O)Nc1ccc2c(c1)C(=O)C(=Cc1c(-c3c(C)nn(C)c3C)[nH]c3c(C(F)(F)F)cc(OC)cc13)O2. The van der Waals surface area contributed by atoms with Gasteiger partial charge in [-0.1, -0.05) is 0 Å². The fraction of sp³-hybridized carbons (Fsp3) is 0.222. The summed E-state index contributed by atoms with van der Waals surface area (Å²) in [5, 5.41) is 9.63. The van der Waals surface area contributed by atoms with Crippen LogP contribution in [0.15, 0.2) is 36.1 Å². The summed E-state index contributed by atoms with van der Waals surface area (Å²) in [7, 11) is 4.48. The molecule has 1 aliphatic heterocycles. The van der Waals surface area contributed by atoms with E-state index in [1.807, 2.05) is 0 Å². The monoisotopic (exact) mass is 539 g/mol. The highest BCUT2D eigenvalue weighted by Crippen LogP contribution is 2.44. The van der Waals surface area contributed by atoms with Crippen LogP contribution in [0.3, 0.4) is 0 Å². The van der Waals surface area contributed by atoms with Gasteiger partial charge in [-0.15, -0.1) is 0 Å². The van der Waals surface area contributed by atoms with Crippen molar-refractivity contribution in [1.29, 1.82) is 0 Å². The summed E-state index contributed by atoms with van der Waals surface area (Å²) in [5.74, 6) is -0.298.